The second-order valence-electron chi connectivity index (χ2n) is 4.39. The van der Waals surface area contributed by atoms with E-state index < -0.39 is 11.8 Å². The van der Waals surface area contributed by atoms with E-state index in [0.717, 1.165) is 0 Å². The Morgan fingerprint density at radius 3 is 1.89 bits per heavy atom. The van der Waals surface area contributed by atoms with Crippen LogP contribution in [0.2, 0.25) is 0 Å². The molecule has 1 unspecified atom stereocenters. The topological polar surface area (TPSA) is 20.2 Å². The van der Waals surface area contributed by atoms with Gasteiger partial charge in [-0.05, 0) is 18.1 Å². The van der Waals surface area contributed by atoms with E-state index in [2.05, 4.69) is 0 Å². The summed E-state index contributed by atoms with van der Waals surface area (Å²) in [4.78, 5) is 0. The van der Waals surface area contributed by atoms with Crippen molar-refractivity contribution in [2.45, 2.75) is 18.7 Å². The molecule has 2 aromatic carbocycles. The quantitative estimate of drug-likeness (QED) is 0.876. The lowest BCUT2D eigenvalue weighted by Crippen LogP contribution is -2.43. The minimum atomic E-state index is -4.79. The largest absolute Gasteiger partial charge is 0.425 e. The van der Waals surface area contributed by atoms with Gasteiger partial charge in [-0.1, -0.05) is 54.6 Å². The number of aliphatic hydroxyl groups is 1. The Morgan fingerprint density at radius 2 is 1.37 bits per heavy atom. The molecule has 0 radical (unpaired) electrons. The average molecular weight is 266 g/mol. The van der Waals surface area contributed by atoms with Gasteiger partial charge in [0.15, 0.2) is 0 Å². The van der Waals surface area contributed by atoms with Crippen LogP contribution in [0.1, 0.15) is 16.7 Å². The van der Waals surface area contributed by atoms with Gasteiger partial charge in [0, 0.05) is 5.56 Å². The van der Waals surface area contributed by atoms with Crippen molar-refractivity contribution in [3.8, 4) is 0 Å². The summed E-state index contributed by atoms with van der Waals surface area (Å²) in [6, 6.07) is 13.1. The Balaban J connectivity index is 2.71. The predicted octanol–water partition coefficient (Wildman–Crippen LogP) is 3.79. The SMILES string of the molecule is Cc1ccccc1C(O)(c1ccccc1)C(F)(F)F. The van der Waals surface area contributed by atoms with Crippen molar-refractivity contribution < 1.29 is 18.3 Å². The lowest BCUT2D eigenvalue weighted by Gasteiger charge is -2.32. The fourth-order valence-corrected chi connectivity index (χ4v) is 2.13. The second-order valence-corrected chi connectivity index (χ2v) is 4.39. The first-order valence-corrected chi connectivity index (χ1v) is 5.78. The normalized spacial score (nSPS) is 15.0. The van der Waals surface area contributed by atoms with Gasteiger partial charge < -0.3 is 5.11 Å². The van der Waals surface area contributed by atoms with E-state index in [1.165, 1.54) is 36.4 Å². The molecular weight excluding hydrogens is 253 g/mol. The third kappa shape index (κ3) is 2.24. The van der Waals surface area contributed by atoms with Crippen molar-refractivity contribution in [3.05, 3.63) is 71.3 Å². The van der Waals surface area contributed by atoms with E-state index in [4.69, 9.17) is 0 Å². The van der Waals surface area contributed by atoms with Gasteiger partial charge in [0.2, 0.25) is 5.60 Å². The Labute approximate surface area is 109 Å². The molecule has 0 aliphatic carbocycles. The molecule has 0 aromatic heterocycles. The molecular formula is C15H13F3O. The van der Waals surface area contributed by atoms with E-state index >= 15 is 0 Å². The van der Waals surface area contributed by atoms with Crippen LogP contribution in [0.3, 0.4) is 0 Å². The molecule has 1 nitrogen and oxygen atoms in total. The van der Waals surface area contributed by atoms with Crippen LogP contribution >= 0.6 is 0 Å². The van der Waals surface area contributed by atoms with Crippen LogP contribution in [0.4, 0.5) is 13.2 Å². The lowest BCUT2D eigenvalue weighted by molar-refractivity contribution is -0.248. The van der Waals surface area contributed by atoms with Crippen molar-refractivity contribution in [1.29, 1.82) is 0 Å². The first-order chi connectivity index (χ1) is 8.87. The van der Waals surface area contributed by atoms with Crippen LogP contribution in [0.15, 0.2) is 54.6 Å². The van der Waals surface area contributed by atoms with Crippen LogP contribution < -0.4 is 0 Å². The van der Waals surface area contributed by atoms with Gasteiger partial charge in [-0.3, -0.25) is 0 Å². The van der Waals surface area contributed by atoms with E-state index in [1.807, 2.05) is 0 Å². The highest BCUT2D eigenvalue weighted by molar-refractivity contribution is 5.42. The summed E-state index contributed by atoms with van der Waals surface area (Å²) in [6.07, 6.45) is -4.79. The molecule has 2 rings (SSSR count). The van der Waals surface area contributed by atoms with Crippen molar-refractivity contribution in [1.82, 2.24) is 0 Å². The minimum Gasteiger partial charge on any atom is -0.372 e. The van der Waals surface area contributed by atoms with Crippen molar-refractivity contribution in [2.24, 2.45) is 0 Å². The van der Waals surface area contributed by atoms with Gasteiger partial charge in [-0.25, -0.2) is 0 Å². The molecule has 0 aliphatic rings. The smallest absolute Gasteiger partial charge is 0.372 e. The predicted molar refractivity (Wildman–Crippen MR) is 66.7 cm³/mol. The molecule has 0 saturated carbocycles. The fraction of sp³-hybridized carbons (Fsp3) is 0.200. The highest BCUT2D eigenvalue weighted by Crippen LogP contribution is 2.44. The summed E-state index contributed by atoms with van der Waals surface area (Å²) in [5, 5.41) is 10.3. The van der Waals surface area contributed by atoms with Gasteiger partial charge in [-0.2, -0.15) is 13.2 Å². The molecule has 0 heterocycles. The summed E-state index contributed by atoms with van der Waals surface area (Å²) >= 11 is 0. The number of hydrogen-bond acceptors (Lipinski definition) is 1. The number of halogens is 3. The molecule has 4 heteroatoms. The maximum Gasteiger partial charge on any atom is 0.425 e. The van der Waals surface area contributed by atoms with Gasteiger partial charge in [-0.15, -0.1) is 0 Å². The maximum atomic E-state index is 13.4. The minimum absolute atomic E-state index is 0.145. The Kier molecular flexibility index (Phi) is 3.37. The number of rotatable bonds is 2. The Hall–Kier alpha value is -1.81. The maximum absolute atomic E-state index is 13.4. The van der Waals surface area contributed by atoms with Crippen molar-refractivity contribution in [3.63, 3.8) is 0 Å². The molecule has 1 N–H and O–H groups in total. The van der Waals surface area contributed by atoms with Crippen LogP contribution in [-0.4, -0.2) is 11.3 Å². The van der Waals surface area contributed by atoms with Crippen LogP contribution in [0.25, 0.3) is 0 Å². The van der Waals surface area contributed by atoms with Gasteiger partial charge in [0.1, 0.15) is 0 Å². The van der Waals surface area contributed by atoms with Crippen LogP contribution in [0, 0.1) is 6.92 Å². The first-order valence-electron chi connectivity index (χ1n) is 5.78. The summed E-state index contributed by atoms with van der Waals surface area (Å²) in [5.41, 5.74) is -2.92. The molecule has 100 valence electrons. The monoisotopic (exact) mass is 266 g/mol. The molecule has 1 atom stereocenters. The van der Waals surface area contributed by atoms with Crippen molar-refractivity contribution >= 4 is 0 Å². The van der Waals surface area contributed by atoms with E-state index in [9.17, 15) is 18.3 Å². The zero-order valence-corrected chi connectivity index (χ0v) is 10.3. The third-order valence-corrected chi connectivity index (χ3v) is 3.14. The Bertz CT molecular complexity index is 563. The molecule has 0 aliphatic heterocycles. The second kappa shape index (κ2) is 4.70. The molecule has 0 amide bonds. The van der Waals surface area contributed by atoms with Gasteiger partial charge in [0.25, 0.3) is 0 Å². The number of aryl methyl sites for hydroxylation is 1. The van der Waals surface area contributed by atoms with Crippen LogP contribution in [-0.2, 0) is 5.60 Å². The summed E-state index contributed by atoms with van der Waals surface area (Å²) < 4.78 is 40.2. The molecule has 0 saturated heterocycles. The first kappa shape index (κ1) is 13.6. The van der Waals surface area contributed by atoms with Gasteiger partial charge in [0.05, 0.1) is 0 Å². The molecule has 2 aromatic rings. The van der Waals surface area contributed by atoms with Crippen LogP contribution in [0.5, 0.6) is 0 Å². The van der Waals surface area contributed by atoms with E-state index in [-0.39, 0.29) is 11.1 Å². The summed E-state index contributed by atoms with van der Waals surface area (Å²) in [5.74, 6) is 0. The number of alkyl halides is 3. The van der Waals surface area contributed by atoms with E-state index in [0.29, 0.717) is 5.56 Å². The standard InChI is InChI=1S/C15H13F3O/c1-11-7-5-6-10-13(11)14(19,15(16,17)18)12-8-3-2-4-9-12/h2-10,19H,1H3. The zero-order valence-electron chi connectivity index (χ0n) is 10.3. The average Bonchev–Trinajstić information content (AvgIpc) is 2.38. The molecule has 19 heavy (non-hydrogen) atoms. The summed E-state index contributed by atoms with van der Waals surface area (Å²) in [6.45, 7) is 1.55. The highest BCUT2D eigenvalue weighted by Gasteiger charge is 2.56. The van der Waals surface area contributed by atoms with Gasteiger partial charge >= 0.3 is 6.18 Å². The summed E-state index contributed by atoms with van der Waals surface area (Å²) in [7, 11) is 0. The van der Waals surface area contributed by atoms with Crippen molar-refractivity contribution in [2.75, 3.05) is 0 Å². The molecule has 0 bridgehead atoms. The van der Waals surface area contributed by atoms with E-state index in [1.54, 1.807) is 25.1 Å². The zero-order chi connectivity index (χ0) is 14.1. The molecule has 0 spiro atoms. The third-order valence-electron chi connectivity index (χ3n) is 3.14. The fourth-order valence-electron chi connectivity index (χ4n) is 2.13. The molecule has 0 fully saturated rings. The lowest BCUT2D eigenvalue weighted by atomic mass is 9.83. The highest BCUT2D eigenvalue weighted by atomic mass is 19.4. The number of benzene rings is 2. The number of hydrogen-bond donors (Lipinski definition) is 1. The Morgan fingerprint density at radius 1 is 0.842 bits per heavy atom.